The van der Waals surface area contributed by atoms with E-state index in [9.17, 15) is 14.4 Å². The fourth-order valence-corrected chi connectivity index (χ4v) is 4.79. The third-order valence-corrected chi connectivity index (χ3v) is 6.87. The standard InChI is InChI=1S/C29H34N8O5/c1-29(2,3)42-28(40)35(4)24-16-22(33-21-9-8-14-36(27(21)39)23-10-6-7-13-30-23)34-25-20(17-31-37(24)25)26(38)32-18-11-12-19(15-18)41-5/h6-10,13-14,16-19H,11-12,15H2,1-5H3,(H,32,38)(H,33,34)/t18-,19-/m1/s1. The van der Waals surface area contributed by atoms with Crippen molar-refractivity contribution in [3.05, 3.63) is 70.9 Å². The quantitative estimate of drug-likeness (QED) is 0.338. The lowest BCUT2D eigenvalue weighted by Crippen LogP contribution is -2.35. The molecule has 13 heteroatoms. The van der Waals surface area contributed by atoms with Gasteiger partial charge in [0.1, 0.15) is 34.3 Å². The Hall–Kier alpha value is -4.78. The Balaban J connectivity index is 1.54. The van der Waals surface area contributed by atoms with Gasteiger partial charge in [-0.3, -0.25) is 19.1 Å². The molecule has 0 radical (unpaired) electrons. The molecule has 2 atom stereocenters. The van der Waals surface area contributed by atoms with Gasteiger partial charge in [0.05, 0.1) is 12.3 Å². The van der Waals surface area contributed by atoms with Crippen LogP contribution in [0, 0.1) is 0 Å². The van der Waals surface area contributed by atoms with Crippen LogP contribution in [-0.4, -0.2) is 68.1 Å². The van der Waals surface area contributed by atoms with Crippen molar-refractivity contribution in [3.63, 3.8) is 0 Å². The van der Waals surface area contributed by atoms with Gasteiger partial charge in [0.15, 0.2) is 5.65 Å². The molecule has 13 nitrogen and oxygen atoms in total. The van der Waals surface area contributed by atoms with Crippen molar-refractivity contribution in [1.82, 2.24) is 29.5 Å². The first kappa shape index (κ1) is 28.7. The number of fused-ring (bicyclic) bond motifs is 1. The summed E-state index contributed by atoms with van der Waals surface area (Å²) in [6.07, 6.45) is 6.47. The Labute approximate surface area is 242 Å². The molecule has 5 rings (SSSR count). The first-order valence-electron chi connectivity index (χ1n) is 13.6. The molecular weight excluding hydrogens is 540 g/mol. The normalized spacial score (nSPS) is 16.8. The number of aromatic nitrogens is 5. The summed E-state index contributed by atoms with van der Waals surface area (Å²) in [6.45, 7) is 5.30. The first-order valence-corrected chi connectivity index (χ1v) is 13.6. The molecule has 2 amide bonds. The predicted octanol–water partition coefficient (Wildman–Crippen LogP) is 3.69. The highest BCUT2D eigenvalue weighted by molar-refractivity contribution is 6.00. The molecule has 1 aliphatic carbocycles. The summed E-state index contributed by atoms with van der Waals surface area (Å²) in [5.41, 5.74) is -0.467. The van der Waals surface area contributed by atoms with Crippen molar-refractivity contribution in [2.45, 2.75) is 57.8 Å². The van der Waals surface area contributed by atoms with E-state index in [2.05, 4.69) is 25.7 Å². The summed E-state index contributed by atoms with van der Waals surface area (Å²) in [7, 11) is 3.20. The van der Waals surface area contributed by atoms with E-state index in [1.54, 1.807) is 76.7 Å². The number of amides is 2. The molecule has 0 bridgehead atoms. The molecule has 4 aromatic heterocycles. The second-order valence-corrected chi connectivity index (χ2v) is 11.1. The molecule has 0 aliphatic heterocycles. The van der Waals surface area contributed by atoms with Crippen LogP contribution in [-0.2, 0) is 9.47 Å². The maximum absolute atomic E-state index is 13.4. The van der Waals surface area contributed by atoms with E-state index >= 15 is 0 Å². The van der Waals surface area contributed by atoms with E-state index in [1.807, 2.05) is 0 Å². The monoisotopic (exact) mass is 574 g/mol. The second-order valence-electron chi connectivity index (χ2n) is 11.1. The Kier molecular flexibility index (Phi) is 7.94. The van der Waals surface area contributed by atoms with Gasteiger partial charge in [0, 0.05) is 38.7 Å². The number of methoxy groups -OCH3 is 1. The van der Waals surface area contributed by atoms with Crippen LogP contribution in [0.2, 0.25) is 0 Å². The van der Waals surface area contributed by atoms with Gasteiger partial charge in [0.25, 0.3) is 11.5 Å². The summed E-state index contributed by atoms with van der Waals surface area (Å²) in [6, 6.07) is 10.1. The lowest BCUT2D eigenvalue weighted by molar-refractivity contribution is 0.0587. The summed E-state index contributed by atoms with van der Waals surface area (Å²) in [5.74, 6) is 0.604. The minimum absolute atomic E-state index is 0.0444. The lowest BCUT2D eigenvalue weighted by atomic mass is 10.2. The summed E-state index contributed by atoms with van der Waals surface area (Å²) >= 11 is 0. The van der Waals surface area contributed by atoms with Crippen molar-refractivity contribution in [2.75, 3.05) is 24.4 Å². The van der Waals surface area contributed by atoms with Crippen LogP contribution in [0.25, 0.3) is 11.5 Å². The molecule has 1 fully saturated rings. The molecule has 4 aromatic rings. The van der Waals surface area contributed by atoms with E-state index in [4.69, 9.17) is 9.47 Å². The minimum atomic E-state index is -0.740. The largest absolute Gasteiger partial charge is 0.443 e. The zero-order valence-electron chi connectivity index (χ0n) is 24.2. The number of carbonyl (C=O) groups is 2. The number of hydrogen-bond donors (Lipinski definition) is 2. The van der Waals surface area contributed by atoms with Crippen LogP contribution in [0.15, 0.2) is 59.8 Å². The van der Waals surface area contributed by atoms with Gasteiger partial charge in [-0.2, -0.15) is 9.61 Å². The van der Waals surface area contributed by atoms with Crippen LogP contribution in [0.3, 0.4) is 0 Å². The molecule has 0 unspecified atom stereocenters. The highest BCUT2D eigenvalue weighted by Crippen LogP contribution is 2.26. The summed E-state index contributed by atoms with van der Waals surface area (Å²) in [4.78, 5) is 49.9. The Bertz CT molecular complexity index is 1660. The maximum atomic E-state index is 13.4. The third kappa shape index (κ3) is 6.10. The van der Waals surface area contributed by atoms with Crippen molar-refractivity contribution in [2.24, 2.45) is 0 Å². The number of rotatable bonds is 7. The van der Waals surface area contributed by atoms with Crippen molar-refractivity contribution in [3.8, 4) is 5.82 Å². The van der Waals surface area contributed by atoms with Crippen molar-refractivity contribution in [1.29, 1.82) is 0 Å². The summed E-state index contributed by atoms with van der Waals surface area (Å²) < 4.78 is 13.8. The van der Waals surface area contributed by atoms with Crippen LogP contribution >= 0.6 is 0 Å². The van der Waals surface area contributed by atoms with Crippen LogP contribution in [0.5, 0.6) is 0 Å². The highest BCUT2D eigenvalue weighted by atomic mass is 16.6. The Morgan fingerprint density at radius 2 is 1.95 bits per heavy atom. The SMILES string of the molecule is CO[C@@H]1CC[C@@H](NC(=O)c2cnn3c(N(C)C(=O)OC(C)(C)C)cc(Nc4cccn(-c5ccccn5)c4=O)nc23)C1. The molecule has 2 N–H and O–H groups in total. The molecule has 1 saturated carbocycles. The smallest absolute Gasteiger partial charge is 0.415 e. The second kappa shape index (κ2) is 11.6. The molecule has 220 valence electrons. The third-order valence-electron chi connectivity index (χ3n) is 6.87. The number of nitrogens with zero attached hydrogens (tertiary/aromatic N) is 6. The van der Waals surface area contributed by atoms with Gasteiger partial charge < -0.3 is 20.1 Å². The zero-order chi connectivity index (χ0) is 30.0. The first-order chi connectivity index (χ1) is 20.0. The molecule has 42 heavy (non-hydrogen) atoms. The average molecular weight is 575 g/mol. The van der Waals surface area contributed by atoms with Crippen molar-refractivity contribution >= 4 is 35.0 Å². The number of ether oxygens (including phenoxy) is 2. The Morgan fingerprint density at radius 3 is 2.64 bits per heavy atom. The van der Waals surface area contributed by atoms with E-state index in [0.29, 0.717) is 12.2 Å². The van der Waals surface area contributed by atoms with E-state index in [0.717, 1.165) is 12.8 Å². The summed E-state index contributed by atoms with van der Waals surface area (Å²) in [5, 5.41) is 10.5. The van der Waals surface area contributed by atoms with Crippen molar-refractivity contribution < 1.29 is 19.1 Å². The van der Waals surface area contributed by atoms with E-state index in [-0.39, 0.29) is 52.1 Å². The topological polar surface area (TPSA) is 145 Å². The van der Waals surface area contributed by atoms with Crippen LogP contribution < -0.4 is 21.1 Å². The predicted molar refractivity (Wildman–Crippen MR) is 157 cm³/mol. The molecule has 0 aromatic carbocycles. The fraction of sp³-hybridized carbons (Fsp3) is 0.379. The fourth-order valence-electron chi connectivity index (χ4n) is 4.79. The van der Waals surface area contributed by atoms with Crippen LogP contribution in [0.4, 0.5) is 22.1 Å². The van der Waals surface area contributed by atoms with Gasteiger partial charge in [-0.15, -0.1) is 0 Å². The van der Waals surface area contributed by atoms with Crippen LogP contribution in [0.1, 0.15) is 50.4 Å². The zero-order valence-corrected chi connectivity index (χ0v) is 24.2. The number of hydrogen-bond acceptors (Lipinski definition) is 9. The maximum Gasteiger partial charge on any atom is 0.415 e. The van der Waals surface area contributed by atoms with Gasteiger partial charge in [-0.25, -0.2) is 14.8 Å². The van der Waals surface area contributed by atoms with E-state index in [1.165, 1.54) is 27.2 Å². The molecule has 0 saturated heterocycles. The molecule has 4 heterocycles. The molecule has 1 aliphatic rings. The molecular formula is C29H34N8O5. The highest BCUT2D eigenvalue weighted by Gasteiger charge is 2.29. The number of pyridine rings is 2. The van der Waals surface area contributed by atoms with Gasteiger partial charge >= 0.3 is 6.09 Å². The number of nitrogens with one attached hydrogen (secondary N) is 2. The molecule has 0 spiro atoms. The van der Waals surface area contributed by atoms with Gasteiger partial charge in [0.2, 0.25) is 0 Å². The van der Waals surface area contributed by atoms with Gasteiger partial charge in [-0.05, 0) is 64.3 Å². The average Bonchev–Trinajstić information content (AvgIpc) is 3.60. The Morgan fingerprint density at radius 1 is 1.14 bits per heavy atom. The lowest BCUT2D eigenvalue weighted by Gasteiger charge is -2.25. The number of anilines is 3. The minimum Gasteiger partial charge on any atom is -0.443 e. The van der Waals surface area contributed by atoms with Gasteiger partial charge in [-0.1, -0.05) is 6.07 Å². The van der Waals surface area contributed by atoms with E-state index < -0.39 is 11.7 Å². The number of carbonyl (C=O) groups excluding carboxylic acids is 2.